The zero-order valence-electron chi connectivity index (χ0n) is 12.4. The number of ether oxygens (including phenoxy) is 4. The third-order valence-electron chi connectivity index (χ3n) is 2.69. The van der Waals surface area contributed by atoms with Gasteiger partial charge in [0.25, 0.3) is 0 Å². The molecule has 0 saturated heterocycles. The van der Waals surface area contributed by atoms with Crippen molar-refractivity contribution in [3.63, 3.8) is 0 Å². The molecule has 0 amide bonds. The number of methoxy groups -OCH3 is 3. The van der Waals surface area contributed by atoms with Crippen LogP contribution >= 0.6 is 0 Å². The van der Waals surface area contributed by atoms with Crippen molar-refractivity contribution in [1.29, 1.82) is 0 Å². The molecule has 0 aliphatic heterocycles. The van der Waals surface area contributed by atoms with Crippen molar-refractivity contribution in [2.75, 3.05) is 27.9 Å². The molecule has 0 spiro atoms. The van der Waals surface area contributed by atoms with E-state index >= 15 is 0 Å². The topological polar surface area (TPSA) is 75.6 Å². The van der Waals surface area contributed by atoms with E-state index in [0.717, 1.165) is 0 Å². The van der Waals surface area contributed by atoms with Gasteiger partial charge in [-0.05, 0) is 19.1 Å². The van der Waals surface area contributed by atoms with Gasteiger partial charge in [-0.2, -0.15) is 9.97 Å². The van der Waals surface area contributed by atoms with Crippen molar-refractivity contribution >= 4 is 0 Å². The molecule has 0 atom stereocenters. The van der Waals surface area contributed by atoms with E-state index < -0.39 is 0 Å². The minimum absolute atomic E-state index is 0.158. The molecule has 1 aromatic heterocycles. The maximum Gasteiger partial charge on any atom is 0.322 e. The Morgan fingerprint density at radius 3 is 2.00 bits per heavy atom. The molecule has 0 bridgehead atoms. The SMILES string of the molecule is CCOc1cccc(OC)c1-c1nc(OC)nc(OC)n1. The summed E-state index contributed by atoms with van der Waals surface area (Å²) in [5, 5.41) is 0. The second-order valence-corrected chi connectivity index (χ2v) is 3.90. The number of rotatable bonds is 6. The number of aromatic nitrogens is 3. The summed E-state index contributed by atoms with van der Waals surface area (Å²) in [7, 11) is 4.53. The van der Waals surface area contributed by atoms with Crippen LogP contribution in [0.25, 0.3) is 11.4 Å². The normalized spacial score (nSPS) is 10.1. The molecule has 2 aromatic rings. The third kappa shape index (κ3) is 3.13. The quantitative estimate of drug-likeness (QED) is 0.805. The standard InChI is InChI=1S/C14H17N3O4/c1-5-21-10-8-6-7-9(18-2)11(10)12-15-13(19-3)17-14(16-12)20-4/h6-8H,5H2,1-4H3. The Bertz CT molecular complexity index is 597. The Morgan fingerprint density at radius 1 is 0.857 bits per heavy atom. The van der Waals surface area contributed by atoms with Crippen molar-refractivity contribution < 1.29 is 18.9 Å². The van der Waals surface area contributed by atoms with Gasteiger partial charge in [-0.3, -0.25) is 0 Å². The van der Waals surface area contributed by atoms with Gasteiger partial charge in [-0.15, -0.1) is 4.98 Å². The van der Waals surface area contributed by atoms with Gasteiger partial charge in [-0.1, -0.05) is 6.07 Å². The molecule has 112 valence electrons. The monoisotopic (exact) mass is 291 g/mol. The molecule has 0 N–H and O–H groups in total. The first kappa shape index (κ1) is 14.8. The molecule has 21 heavy (non-hydrogen) atoms. The molecule has 0 unspecified atom stereocenters. The second-order valence-electron chi connectivity index (χ2n) is 3.90. The smallest absolute Gasteiger partial charge is 0.322 e. The van der Waals surface area contributed by atoms with E-state index in [1.165, 1.54) is 14.2 Å². The summed E-state index contributed by atoms with van der Waals surface area (Å²) in [4.78, 5) is 12.5. The molecule has 7 nitrogen and oxygen atoms in total. The summed E-state index contributed by atoms with van der Waals surface area (Å²) in [6.07, 6.45) is 0. The first-order valence-electron chi connectivity index (χ1n) is 6.37. The molecule has 0 aliphatic rings. The Labute approximate surface area is 122 Å². The number of hydrogen-bond acceptors (Lipinski definition) is 7. The van der Waals surface area contributed by atoms with E-state index in [2.05, 4.69) is 15.0 Å². The van der Waals surface area contributed by atoms with E-state index in [-0.39, 0.29) is 12.0 Å². The van der Waals surface area contributed by atoms with Crippen LogP contribution in [0, 0.1) is 0 Å². The van der Waals surface area contributed by atoms with Crippen LogP contribution in [0.2, 0.25) is 0 Å². The van der Waals surface area contributed by atoms with Gasteiger partial charge >= 0.3 is 12.0 Å². The molecule has 1 heterocycles. The third-order valence-corrected chi connectivity index (χ3v) is 2.69. The van der Waals surface area contributed by atoms with E-state index in [4.69, 9.17) is 18.9 Å². The fraction of sp³-hybridized carbons (Fsp3) is 0.357. The summed E-state index contributed by atoms with van der Waals surface area (Å²) in [5.41, 5.74) is 0.626. The minimum atomic E-state index is 0.158. The average molecular weight is 291 g/mol. The van der Waals surface area contributed by atoms with Gasteiger partial charge in [0, 0.05) is 0 Å². The fourth-order valence-electron chi connectivity index (χ4n) is 1.81. The van der Waals surface area contributed by atoms with Crippen molar-refractivity contribution in [2.24, 2.45) is 0 Å². The maximum atomic E-state index is 5.62. The summed E-state index contributed by atoms with van der Waals surface area (Å²) in [5.74, 6) is 1.57. The summed E-state index contributed by atoms with van der Waals surface area (Å²) >= 11 is 0. The van der Waals surface area contributed by atoms with Crippen LogP contribution < -0.4 is 18.9 Å². The second kappa shape index (κ2) is 6.74. The molecular weight excluding hydrogens is 274 g/mol. The number of benzene rings is 1. The van der Waals surface area contributed by atoms with Crippen LogP contribution in [-0.2, 0) is 0 Å². The fourth-order valence-corrected chi connectivity index (χ4v) is 1.81. The maximum absolute atomic E-state index is 5.62. The molecule has 0 aliphatic carbocycles. The van der Waals surface area contributed by atoms with Crippen LogP contribution in [-0.4, -0.2) is 42.9 Å². The van der Waals surface area contributed by atoms with Crippen LogP contribution in [0.4, 0.5) is 0 Å². The van der Waals surface area contributed by atoms with E-state index in [1.54, 1.807) is 13.2 Å². The van der Waals surface area contributed by atoms with Gasteiger partial charge in [0.2, 0.25) is 0 Å². The lowest BCUT2D eigenvalue weighted by molar-refractivity contribution is 0.334. The largest absolute Gasteiger partial charge is 0.496 e. The lowest BCUT2D eigenvalue weighted by Crippen LogP contribution is -2.03. The molecule has 0 saturated carbocycles. The number of hydrogen-bond donors (Lipinski definition) is 0. The first-order valence-corrected chi connectivity index (χ1v) is 6.37. The van der Waals surface area contributed by atoms with Crippen LogP contribution in [0.3, 0.4) is 0 Å². The Balaban J connectivity index is 2.64. The molecular formula is C14H17N3O4. The van der Waals surface area contributed by atoms with Gasteiger partial charge < -0.3 is 18.9 Å². The lowest BCUT2D eigenvalue weighted by Gasteiger charge is -2.13. The highest BCUT2D eigenvalue weighted by atomic mass is 16.5. The van der Waals surface area contributed by atoms with E-state index in [9.17, 15) is 0 Å². The zero-order chi connectivity index (χ0) is 15.2. The van der Waals surface area contributed by atoms with Gasteiger partial charge in [0.05, 0.1) is 27.9 Å². The van der Waals surface area contributed by atoms with Crippen molar-refractivity contribution in [2.45, 2.75) is 6.92 Å². The van der Waals surface area contributed by atoms with Crippen molar-refractivity contribution in [1.82, 2.24) is 15.0 Å². The van der Waals surface area contributed by atoms with Gasteiger partial charge in [0.1, 0.15) is 17.1 Å². The molecule has 0 radical (unpaired) electrons. The predicted molar refractivity (Wildman–Crippen MR) is 76.1 cm³/mol. The average Bonchev–Trinajstić information content (AvgIpc) is 2.54. The summed E-state index contributed by atoms with van der Waals surface area (Å²) in [6.45, 7) is 2.41. The first-order chi connectivity index (χ1) is 10.2. The summed E-state index contributed by atoms with van der Waals surface area (Å²) < 4.78 is 21.1. The summed E-state index contributed by atoms with van der Waals surface area (Å²) in [6, 6.07) is 5.78. The highest BCUT2D eigenvalue weighted by Gasteiger charge is 2.18. The van der Waals surface area contributed by atoms with Gasteiger partial charge in [-0.25, -0.2) is 0 Å². The van der Waals surface area contributed by atoms with E-state index in [1.807, 2.05) is 19.1 Å². The van der Waals surface area contributed by atoms with Crippen LogP contribution in [0.15, 0.2) is 18.2 Å². The lowest BCUT2D eigenvalue weighted by atomic mass is 10.1. The number of nitrogens with zero attached hydrogens (tertiary/aromatic N) is 3. The van der Waals surface area contributed by atoms with Crippen LogP contribution in [0.1, 0.15) is 6.92 Å². The van der Waals surface area contributed by atoms with Gasteiger partial charge in [0.15, 0.2) is 5.82 Å². The van der Waals surface area contributed by atoms with E-state index in [0.29, 0.717) is 29.5 Å². The zero-order valence-corrected chi connectivity index (χ0v) is 12.4. The highest BCUT2D eigenvalue weighted by Crippen LogP contribution is 2.37. The molecule has 2 rings (SSSR count). The minimum Gasteiger partial charge on any atom is -0.496 e. The van der Waals surface area contributed by atoms with Crippen LogP contribution in [0.5, 0.6) is 23.5 Å². The Morgan fingerprint density at radius 2 is 1.48 bits per heavy atom. The highest BCUT2D eigenvalue weighted by molar-refractivity contribution is 5.72. The van der Waals surface area contributed by atoms with Crippen molar-refractivity contribution in [3.05, 3.63) is 18.2 Å². The molecule has 0 fully saturated rings. The molecule has 7 heteroatoms. The predicted octanol–water partition coefficient (Wildman–Crippen LogP) is 1.96. The Kier molecular flexibility index (Phi) is 4.76. The van der Waals surface area contributed by atoms with Crippen molar-refractivity contribution in [3.8, 4) is 34.9 Å². The molecule has 1 aromatic carbocycles. The Hall–Kier alpha value is -2.57.